The van der Waals surface area contributed by atoms with Gasteiger partial charge in [0.2, 0.25) is 0 Å². The second kappa shape index (κ2) is 9.30. The summed E-state index contributed by atoms with van der Waals surface area (Å²) in [6.07, 6.45) is 3.37. The topological polar surface area (TPSA) is 61.8 Å². The van der Waals surface area contributed by atoms with Crippen LogP contribution in [0.1, 0.15) is 32.6 Å². The molecule has 1 saturated heterocycles. The number of hydrogen-bond acceptors (Lipinski definition) is 5. The number of nitrogens with one attached hydrogen (secondary N) is 1. The molecule has 0 amide bonds. The van der Waals surface area contributed by atoms with E-state index in [4.69, 9.17) is 4.74 Å². The van der Waals surface area contributed by atoms with E-state index in [0.717, 1.165) is 13.1 Å². The third kappa shape index (κ3) is 6.93. The molecule has 5 nitrogen and oxygen atoms in total. The van der Waals surface area contributed by atoms with Crippen LogP contribution in [-0.2, 0) is 9.53 Å². The minimum absolute atomic E-state index is 0.0740. The van der Waals surface area contributed by atoms with Gasteiger partial charge in [0.05, 0.1) is 19.1 Å². The van der Waals surface area contributed by atoms with Gasteiger partial charge in [-0.1, -0.05) is 6.42 Å². The maximum Gasteiger partial charge on any atom is 0.308 e. The predicted molar refractivity (Wildman–Crippen MR) is 70.4 cm³/mol. The first-order valence-corrected chi connectivity index (χ1v) is 6.99. The molecule has 5 heteroatoms. The first-order valence-electron chi connectivity index (χ1n) is 6.99. The highest BCUT2D eigenvalue weighted by atomic mass is 16.5. The van der Waals surface area contributed by atoms with Gasteiger partial charge in [0.15, 0.2) is 0 Å². The number of rotatable bonds is 8. The summed E-state index contributed by atoms with van der Waals surface area (Å²) in [7, 11) is 0. The van der Waals surface area contributed by atoms with Crippen molar-refractivity contribution in [2.45, 2.75) is 38.7 Å². The monoisotopic (exact) mass is 258 g/mol. The van der Waals surface area contributed by atoms with Crippen LogP contribution in [0.25, 0.3) is 0 Å². The van der Waals surface area contributed by atoms with Gasteiger partial charge in [0.25, 0.3) is 0 Å². The van der Waals surface area contributed by atoms with E-state index in [-0.39, 0.29) is 12.4 Å². The molecule has 0 aromatic rings. The predicted octanol–water partition coefficient (Wildman–Crippen LogP) is 0.376. The van der Waals surface area contributed by atoms with Gasteiger partial charge >= 0.3 is 5.97 Å². The Balaban J connectivity index is 1.97. The Morgan fingerprint density at radius 2 is 2.11 bits per heavy atom. The van der Waals surface area contributed by atoms with E-state index in [0.29, 0.717) is 13.2 Å². The van der Waals surface area contributed by atoms with Gasteiger partial charge in [-0.2, -0.15) is 0 Å². The zero-order chi connectivity index (χ0) is 13.2. The average Bonchev–Trinajstić information content (AvgIpc) is 2.36. The minimum Gasteiger partial charge on any atom is -0.466 e. The number of piperidine rings is 1. The van der Waals surface area contributed by atoms with Gasteiger partial charge in [-0.05, 0) is 32.9 Å². The number of ether oxygens (including phenoxy) is 1. The molecule has 106 valence electrons. The Bertz CT molecular complexity index is 230. The molecule has 0 radical (unpaired) electrons. The van der Waals surface area contributed by atoms with Crippen LogP contribution in [0.3, 0.4) is 0 Å². The number of hydrogen-bond donors (Lipinski definition) is 2. The Kier molecular flexibility index (Phi) is 7.96. The average molecular weight is 258 g/mol. The number of nitrogens with zero attached hydrogens (tertiary/aromatic N) is 1. The molecule has 1 atom stereocenters. The van der Waals surface area contributed by atoms with Crippen LogP contribution in [0.15, 0.2) is 0 Å². The summed E-state index contributed by atoms with van der Waals surface area (Å²) in [5, 5.41) is 12.8. The number of esters is 1. The van der Waals surface area contributed by atoms with Crippen molar-refractivity contribution >= 4 is 5.97 Å². The van der Waals surface area contributed by atoms with Crippen LogP contribution < -0.4 is 5.32 Å². The highest BCUT2D eigenvalue weighted by Crippen LogP contribution is 2.07. The highest BCUT2D eigenvalue weighted by molar-refractivity contribution is 5.69. The first-order chi connectivity index (χ1) is 8.72. The molecule has 0 saturated carbocycles. The van der Waals surface area contributed by atoms with Gasteiger partial charge < -0.3 is 20.1 Å². The van der Waals surface area contributed by atoms with Crippen molar-refractivity contribution in [3.05, 3.63) is 0 Å². The van der Waals surface area contributed by atoms with E-state index >= 15 is 0 Å². The summed E-state index contributed by atoms with van der Waals surface area (Å²) in [6.45, 7) is 6.84. The van der Waals surface area contributed by atoms with Crippen LogP contribution in [-0.4, -0.2) is 61.4 Å². The molecule has 0 aromatic carbocycles. The molecule has 1 fully saturated rings. The SMILES string of the molecule is CCOC(=O)CC(O)CNCCN1CCCCC1. The summed E-state index contributed by atoms with van der Waals surface area (Å²) in [5.74, 6) is -0.331. The van der Waals surface area contributed by atoms with Gasteiger partial charge in [0, 0.05) is 19.6 Å². The maximum atomic E-state index is 11.1. The molecule has 0 bridgehead atoms. The van der Waals surface area contributed by atoms with Crippen molar-refractivity contribution in [2.75, 3.05) is 39.3 Å². The molecule has 1 aliphatic rings. The van der Waals surface area contributed by atoms with E-state index < -0.39 is 6.10 Å². The van der Waals surface area contributed by atoms with Crippen molar-refractivity contribution in [3.63, 3.8) is 0 Å². The largest absolute Gasteiger partial charge is 0.466 e. The van der Waals surface area contributed by atoms with Crippen molar-refractivity contribution in [1.82, 2.24) is 10.2 Å². The maximum absolute atomic E-state index is 11.1. The lowest BCUT2D eigenvalue weighted by Gasteiger charge is -2.26. The third-order valence-corrected chi connectivity index (χ3v) is 3.14. The summed E-state index contributed by atoms with van der Waals surface area (Å²) in [6, 6.07) is 0. The lowest BCUT2D eigenvalue weighted by atomic mass is 10.1. The van der Waals surface area contributed by atoms with Gasteiger partial charge in [-0.15, -0.1) is 0 Å². The molecular formula is C13H26N2O3. The Labute approximate surface area is 109 Å². The lowest BCUT2D eigenvalue weighted by Crippen LogP contribution is -2.38. The van der Waals surface area contributed by atoms with Crippen LogP contribution in [0, 0.1) is 0 Å². The second-order valence-corrected chi connectivity index (χ2v) is 4.77. The fraction of sp³-hybridized carbons (Fsp3) is 0.923. The zero-order valence-corrected chi connectivity index (χ0v) is 11.4. The van der Waals surface area contributed by atoms with E-state index in [1.165, 1.54) is 32.4 Å². The number of carbonyl (C=O) groups is 1. The standard InChI is InChI=1S/C13H26N2O3/c1-2-18-13(17)10-12(16)11-14-6-9-15-7-4-3-5-8-15/h12,14,16H,2-11H2,1H3. The van der Waals surface area contributed by atoms with Gasteiger partial charge in [-0.25, -0.2) is 0 Å². The molecule has 18 heavy (non-hydrogen) atoms. The van der Waals surface area contributed by atoms with Gasteiger partial charge in [-0.3, -0.25) is 4.79 Å². The second-order valence-electron chi connectivity index (χ2n) is 4.77. The highest BCUT2D eigenvalue weighted by Gasteiger charge is 2.12. The Morgan fingerprint density at radius 1 is 1.39 bits per heavy atom. The zero-order valence-electron chi connectivity index (χ0n) is 11.4. The Hall–Kier alpha value is -0.650. The van der Waals surface area contributed by atoms with Gasteiger partial charge in [0.1, 0.15) is 0 Å². The van der Waals surface area contributed by atoms with E-state index in [1.807, 2.05) is 0 Å². The number of likely N-dealkylation sites (tertiary alicyclic amines) is 1. The number of aliphatic hydroxyl groups excluding tert-OH is 1. The summed E-state index contributed by atoms with van der Waals surface area (Å²) in [5.41, 5.74) is 0. The molecule has 0 spiro atoms. The van der Waals surface area contributed by atoms with Crippen LogP contribution in [0.5, 0.6) is 0 Å². The number of carbonyl (C=O) groups excluding carboxylic acids is 1. The van der Waals surface area contributed by atoms with E-state index in [1.54, 1.807) is 6.92 Å². The molecule has 1 aliphatic heterocycles. The van der Waals surface area contributed by atoms with Crippen LogP contribution >= 0.6 is 0 Å². The fourth-order valence-corrected chi connectivity index (χ4v) is 2.17. The summed E-state index contributed by atoms with van der Waals surface area (Å²) < 4.78 is 4.78. The molecule has 0 aromatic heterocycles. The summed E-state index contributed by atoms with van der Waals surface area (Å²) >= 11 is 0. The number of aliphatic hydroxyl groups is 1. The van der Waals surface area contributed by atoms with Crippen molar-refractivity contribution in [2.24, 2.45) is 0 Å². The van der Waals surface area contributed by atoms with Crippen LogP contribution in [0.4, 0.5) is 0 Å². The van der Waals surface area contributed by atoms with Crippen molar-refractivity contribution in [3.8, 4) is 0 Å². The Morgan fingerprint density at radius 3 is 2.78 bits per heavy atom. The quantitative estimate of drug-likeness (QED) is 0.487. The lowest BCUT2D eigenvalue weighted by molar-refractivity contribution is -0.145. The van der Waals surface area contributed by atoms with E-state index in [2.05, 4.69) is 10.2 Å². The third-order valence-electron chi connectivity index (χ3n) is 3.14. The fourth-order valence-electron chi connectivity index (χ4n) is 2.17. The molecule has 1 heterocycles. The van der Waals surface area contributed by atoms with Crippen molar-refractivity contribution in [1.29, 1.82) is 0 Å². The molecule has 0 aliphatic carbocycles. The molecule has 1 rings (SSSR count). The smallest absolute Gasteiger partial charge is 0.308 e. The van der Waals surface area contributed by atoms with Crippen molar-refractivity contribution < 1.29 is 14.6 Å². The molecular weight excluding hydrogens is 232 g/mol. The van der Waals surface area contributed by atoms with E-state index in [9.17, 15) is 9.90 Å². The first kappa shape index (κ1) is 15.4. The molecule has 1 unspecified atom stereocenters. The molecule has 2 N–H and O–H groups in total. The minimum atomic E-state index is -0.648. The van der Waals surface area contributed by atoms with Crippen LogP contribution in [0.2, 0.25) is 0 Å². The summed E-state index contributed by atoms with van der Waals surface area (Å²) in [4.78, 5) is 13.6. The normalized spacial score (nSPS) is 18.6.